The second-order valence-corrected chi connectivity index (χ2v) is 6.96. The quantitative estimate of drug-likeness (QED) is 0.393. The molecule has 2 aromatic carbocycles. The third kappa shape index (κ3) is 4.57. The fourth-order valence-electron chi connectivity index (χ4n) is 2.37. The number of ether oxygens (including phenoxy) is 2. The van der Waals surface area contributed by atoms with Crippen LogP contribution in [0.5, 0.6) is 11.5 Å². The van der Waals surface area contributed by atoms with Crippen LogP contribution < -0.4 is 9.47 Å². The molecule has 26 heavy (non-hydrogen) atoms. The molecule has 132 valence electrons. The van der Waals surface area contributed by atoms with Gasteiger partial charge in [-0.25, -0.2) is 0 Å². The lowest BCUT2D eigenvalue weighted by atomic mass is 10.1. The van der Waals surface area contributed by atoms with Gasteiger partial charge in [0.1, 0.15) is 28.2 Å². The monoisotopic (exact) mass is 382 g/mol. The van der Waals surface area contributed by atoms with Gasteiger partial charge in [0, 0.05) is 6.42 Å². The van der Waals surface area contributed by atoms with Crippen LogP contribution in [0.15, 0.2) is 59.6 Å². The Hall–Kier alpha value is -2.49. The predicted octanol–water partition coefficient (Wildman–Crippen LogP) is 5.25. The molecule has 0 aliphatic heterocycles. The summed E-state index contributed by atoms with van der Waals surface area (Å²) >= 11 is 2.85. The molecule has 0 aliphatic rings. The summed E-state index contributed by atoms with van der Waals surface area (Å²) in [4.78, 5) is 0.902. The normalized spacial score (nSPS) is 10.3. The average Bonchev–Trinajstić information content (AvgIpc) is 3.12. The van der Waals surface area contributed by atoms with E-state index in [1.807, 2.05) is 60.9 Å². The van der Waals surface area contributed by atoms with Crippen molar-refractivity contribution >= 4 is 23.3 Å². The average molecular weight is 383 g/mol. The zero-order valence-corrected chi connectivity index (χ0v) is 16.0. The first-order valence-electron chi connectivity index (χ1n) is 8.16. The van der Waals surface area contributed by atoms with Crippen molar-refractivity contribution in [3.8, 4) is 28.0 Å². The summed E-state index contributed by atoms with van der Waals surface area (Å²) < 4.78 is 15.7. The Kier molecular flexibility index (Phi) is 6.53. The van der Waals surface area contributed by atoms with E-state index in [4.69, 9.17) is 9.47 Å². The lowest BCUT2D eigenvalue weighted by Gasteiger charge is -2.08. The van der Waals surface area contributed by atoms with Crippen molar-refractivity contribution in [1.29, 1.82) is 5.26 Å². The van der Waals surface area contributed by atoms with Gasteiger partial charge in [0.25, 0.3) is 0 Å². The highest BCUT2D eigenvalue weighted by Crippen LogP contribution is 2.34. The summed E-state index contributed by atoms with van der Waals surface area (Å²) in [6.45, 7) is 1.21. The van der Waals surface area contributed by atoms with Gasteiger partial charge >= 0.3 is 0 Å². The summed E-state index contributed by atoms with van der Waals surface area (Å²) in [5.74, 6) is 1.68. The number of hydrogen-bond donors (Lipinski definition) is 0. The number of para-hydroxylation sites is 1. The van der Waals surface area contributed by atoms with E-state index in [2.05, 4.69) is 10.4 Å². The maximum Gasteiger partial charge on any atom is 0.128 e. The summed E-state index contributed by atoms with van der Waals surface area (Å²) in [5.41, 5.74) is 1.63. The smallest absolute Gasteiger partial charge is 0.128 e. The fraction of sp³-hybridized carbons (Fsp3) is 0.200. The molecule has 0 fully saturated rings. The minimum Gasteiger partial charge on any atom is -0.493 e. The molecule has 4 nitrogen and oxygen atoms in total. The molecule has 0 saturated heterocycles. The van der Waals surface area contributed by atoms with Crippen LogP contribution in [0.4, 0.5) is 0 Å². The summed E-state index contributed by atoms with van der Waals surface area (Å²) in [6.07, 6.45) is 2.74. The third-order valence-corrected chi connectivity index (χ3v) is 5.35. The Morgan fingerprint density at radius 2 is 1.65 bits per heavy atom. The molecule has 0 atom stereocenters. The largest absolute Gasteiger partial charge is 0.493 e. The minimum atomic E-state index is 0.590. The summed E-state index contributed by atoms with van der Waals surface area (Å²) in [7, 11) is 0. The number of nitriles is 1. The van der Waals surface area contributed by atoms with Crippen LogP contribution in [0.25, 0.3) is 10.4 Å². The number of rotatable bonds is 8. The maximum absolute atomic E-state index is 9.35. The van der Waals surface area contributed by atoms with Gasteiger partial charge in [-0.1, -0.05) is 18.2 Å². The van der Waals surface area contributed by atoms with Crippen molar-refractivity contribution in [3.05, 3.63) is 60.2 Å². The van der Waals surface area contributed by atoms with Crippen LogP contribution in [-0.4, -0.2) is 23.8 Å². The molecular formula is C20H18N2O2S2. The Labute approximate surface area is 161 Å². The van der Waals surface area contributed by atoms with Crippen LogP contribution in [0.2, 0.25) is 0 Å². The topological polar surface area (TPSA) is 55.1 Å². The molecule has 0 bridgehead atoms. The number of thioether (sulfide) groups is 1. The van der Waals surface area contributed by atoms with E-state index in [0.29, 0.717) is 18.8 Å². The van der Waals surface area contributed by atoms with E-state index >= 15 is 0 Å². The van der Waals surface area contributed by atoms with Gasteiger partial charge in [-0.3, -0.25) is 0 Å². The van der Waals surface area contributed by atoms with Gasteiger partial charge in [-0.2, -0.15) is 9.64 Å². The number of hydrogen-bond acceptors (Lipinski definition) is 6. The van der Waals surface area contributed by atoms with E-state index in [9.17, 15) is 5.26 Å². The minimum absolute atomic E-state index is 0.590. The molecule has 0 amide bonds. The molecule has 1 aromatic heterocycles. The molecule has 0 spiro atoms. The molecule has 0 N–H and O–H groups in total. The van der Waals surface area contributed by atoms with E-state index in [-0.39, 0.29) is 0 Å². The lowest BCUT2D eigenvalue weighted by molar-refractivity contribution is 0.247. The van der Waals surface area contributed by atoms with Crippen molar-refractivity contribution in [3.63, 3.8) is 0 Å². The molecule has 0 aliphatic carbocycles. The molecule has 0 unspecified atom stereocenters. The molecule has 0 radical (unpaired) electrons. The second kappa shape index (κ2) is 9.27. The summed E-state index contributed by atoms with van der Waals surface area (Å²) in [5, 5.41) is 10.1. The van der Waals surface area contributed by atoms with Gasteiger partial charge in [-0.15, -0.1) is 11.8 Å². The number of aromatic nitrogens is 1. The Morgan fingerprint density at radius 3 is 2.27 bits per heavy atom. The van der Waals surface area contributed by atoms with Gasteiger partial charge < -0.3 is 9.47 Å². The summed E-state index contributed by atoms with van der Waals surface area (Å²) in [6, 6.07) is 19.8. The fourth-order valence-corrected chi connectivity index (χ4v) is 3.94. The van der Waals surface area contributed by atoms with Crippen molar-refractivity contribution < 1.29 is 9.47 Å². The molecule has 0 saturated carbocycles. The van der Waals surface area contributed by atoms with Crippen LogP contribution >= 0.6 is 23.3 Å². The molecule has 6 heteroatoms. The molecule has 1 heterocycles. The second-order valence-electron chi connectivity index (χ2n) is 5.40. The van der Waals surface area contributed by atoms with Crippen LogP contribution in [0.3, 0.4) is 0 Å². The predicted molar refractivity (Wildman–Crippen MR) is 106 cm³/mol. The standard InChI is InChI=1S/C20H18N2O2S2/c1-25-20-18(14-21)19(26-22-20)15-8-10-17(11-9-15)24-13-5-12-23-16-6-3-2-4-7-16/h2-4,6-11H,5,12-13H2,1H3. The van der Waals surface area contributed by atoms with E-state index in [1.54, 1.807) is 0 Å². The lowest BCUT2D eigenvalue weighted by Crippen LogP contribution is -2.04. The van der Waals surface area contributed by atoms with Crippen molar-refractivity contribution in [1.82, 2.24) is 4.37 Å². The molecule has 3 rings (SSSR count). The first kappa shape index (κ1) is 18.3. The highest BCUT2D eigenvalue weighted by molar-refractivity contribution is 7.98. The van der Waals surface area contributed by atoms with E-state index in [1.165, 1.54) is 23.3 Å². The highest BCUT2D eigenvalue weighted by atomic mass is 32.2. The van der Waals surface area contributed by atoms with Gasteiger partial charge in [0.15, 0.2) is 0 Å². The van der Waals surface area contributed by atoms with Crippen molar-refractivity contribution in [2.45, 2.75) is 11.4 Å². The zero-order valence-electron chi connectivity index (χ0n) is 14.3. The highest BCUT2D eigenvalue weighted by Gasteiger charge is 2.14. The third-order valence-electron chi connectivity index (χ3n) is 3.65. The first-order valence-corrected chi connectivity index (χ1v) is 10.2. The van der Waals surface area contributed by atoms with Crippen molar-refractivity contribution in [2.24, 2.45) is 0 Å². The van der Waals surface area contributed by atoms with Crippen LogP contribution in [0, 0.1) is 11.3 Å². The van der Waals surface area contributed by atoms with Crippen molar-refractivity contribution in [2.75, 3.05) is 19.5 Å². The Balaban J connectivity index is 1.50. The number of nitrogens with zero attached hydrogens (tertiary/aromatic N) is 2. The van der Waals surface area contributed by atoms with E-state index in [0.717, 1.165) is 33.4 Å². The number of benzene rings is 2. The Bertz CT molecular complexity index is 871. The van der Waals surface area contributed by atoms with Gasteiger partial charge in [0.2, 0.25) is 0 Å². The van der Waals surface area contributed by atoms with Crippen LogP contribution in [0.1, 0.15) is 12.0 Å². The first-order chi connectivity index (χ1) is 12.8. The molecule has 3 aromatic rings. The van der Waals surface area contributed by atoms with Crippen LogP contribution in [-0.2, 0) is 0 Å². The molecular weight excluding hydrogens is 364 g/mol. The Morgan fingerprint density at radius 1 is 1.00 bits per heavy atom. The van der Waals surface area contributed by atoms with Gasteiger partial charge in [0.05, 0.1) is 18.1 Å². The maximum atomic E-state index is 9.35. The van der Waals surface area contributed by atoms with Gasteiger partial charge in [-0.05, 0) is 59.7 Å². The zero-order chi connectivity index (χ0) is 18.2. The SMILES string of the molecule is CSc1nsc(-c2ccc(OCCCOc3ccccc3)cc2)c1C#N. The van der Waals surface area contributed by atoms with E-state index < -0.39 is 0 Å².